The van der Waals surface area contributed by atoms with E-state index in [-0.39, 0.29) is 6.04 Å². The maximum atomic E-state index is 12.7. The first-order chi connectivity index (χ1) is 11.9. The summed E-state index contributed by atoms with van der Waals surface area (Å²) in [5, 5.41) is 10.5. The van der Waals surface area contributed by atoms with Crippen LogP contribution in [0.1, 0.15) is 37.2 Å². The second-order valence-corrected chi connectivity index (χ2v) is 6.62. The standard InChI is InChI=1S/C21H27NO3/c1-15(19(23)17-11-7-5-8-12-17)21(24)25-20(16(2)22(3)4)18-13-9-6-10-14-18/h5-16,19-20,23H,1-4H3/t15-,16-,19+,20-/m0/s1. The van der Waals surface area contributed by atoms with Gasteiger partial charge in [0.1, 0.15) is 6.10 Å². The van der Waals surface area contributed by atoms with Gasteiger partial charge in [0.15, 0.2) is 0 Å². The highest BCUT2D eigenvalue weighted by molar-refractivity contribution is 5.73. The van der Waals surface area contributed by atoms with Crippen LogP contribution in [0.3, 0.4) is 0 Å². The molecule has 134 valence electrons. The van der Waals surface area contributed by atoms with Crippen molar-refractivity contribution in [2.45, 2.75) is 32.1 Å². The van der Waals surface area contributed by atoms with Gasteiger partial charge in [-0.2, -0.15) is 0 Å². The fraction of sp³-hybridized carbons (Fsp3) is 0.381. The third-order valence-electron chi connectivity index (χ3n) is 4.61. The van der Waals surface area contributed by atoms with Gasteiger partial charge in [0, 0.05) is 6.04 Å². The van der Waals surface area contributed by atoms with E-state index in [1.165, 1.54) is 0 Å². The van der Waals surface area contributed by atoms with Gasteiger partial charge in [0.05, 0.1) is 12.0 Å². The van der Waals surface area contributed by atoms with Crippen molar-refractivity contribution in [1.29, 1.82) is 0 Å². The van der Waals surface area contributed by atoms with E-state index in [1.807, 2.05) is 86.6 Å². The highest BCUT2D eigenvalue weighted by Crippen LogP contribution is 2.28. The average molecular weight is 341 g/mol. The topological polar surface area (TPSA) is 49.8 Å². The van der Waals surface area contributed by atoms with Crippen molar-refractivity contribution in [2.24, 2.45) is 5.92 Å². The third kappa shape index (κ3) is 4.91. The van der Waals surface area contributed by atoms with Gasteiger partial charge in [-0.3, -0.25) is 4.79 Å². The normalized spacial score (nSPS) is 16.1. The molecular formula is C21H27NO3. The van der Waals surface area contributed by atoms with E-state index in [1.54, 1.807) is 6.92 Å². The minimum atomic E-state index is -0.889. The summed E-state index contributed by atoms with van der Waals surface area (Å²) in [7, 11) is 3.91. The summed E-state index contributed by atoms with van der Waals surface area (Å²) in [6.45, 7) is 3.71. The Hall–Kier alpha value is -2.17. The highest BCUT2D eigenvalue weighted by Gasteiger charge is 2.30. The Morgan fingerprint density at radius 1 is 0.920 bits per heavy atom. The Labute approximate surface area is 150 Å². The fourth-order valence-corrected chi connectivity index (χ4v) is 2.66. The lowest BCUT2D eigenvalue weighted by Crippen LogP contribution is -2.35. The quantitative estimate of drug-likeness (QED) is 0.782. The number of aliphatic hydroxyl groups is 1. The lowest BCUT2D eigenvalue weighted by atomic mass is 9.97. The SMILES string of the molecule is C[C@H](C(=O)O[C@H](c1ccccc1)[C@H](C)N(C)C)[C@@H](O)c1ccccc1. The van der Waals surface area contributed by atoms with Gasteiger partial charge in [0.25, 0.3) is 0 Å². The van der Waals surface area contributed by atoms with Crippen LogP contribution in [0.15, 0.2) is 60.7 Å². The summed E-state index contributed by atoms with van der Waals surface area (Å²) in [4.78, 5) is 14.7. The van der Waals surface area contributed by atoms with Crippen molar-refractivity contribution in [3.63, 3.8) is 0 Å². The molecular weight excluding hydrogens is 314 g/mol. The molecule has 2 rings (SSSR count). The van der Waals surface area contributed by atoms with Gasteiger partial charge in [-0.25, -0.2) is 0 Å². The van der Waals surface area contributed by atoms with Crippen molar-refractivity contribution in [3.8, 4) is 0 Å². The summed E-state index contributed by atoms with van der Waals surface area (Å²) in [5.74, 6) is -1.05. The number of nitrogens with zero attached hydrogens (tertiary/aromatic N) is 1. The zero-order chi connectivity index (χ0) is 18.4. The zero-order valence-corrected chi connectivity index (χ0v) is 15.3. The van der Waals surface area contributed by atoms with Gasteiger partial charge in [0.2, 0.25) is 0 Å². The summed E-state index contributed by atoms with van der Waals surface area (Å²) in [5.41, 5.74) is 1.65. The Kier molecular flexibility index (Phi) is 6.73. The van der Waals surface area contributed by atoms with E-state index in [0.29, 0.717) is 5.56 Å². The largest absolute Gasteiger partial charge is 0.456 e. The molecule has 0 fully saturated rings. The minimum absolute atomic E-state index is 0.00687. The van der Waals surface area contributed by atoms with Gasteiger partial charge in [-0.15, -0.1) is 0 Å². The number of carbonyl (C=O) groups is 1. The molecule has 0 unspecified atom stereocenters. The number of aliphatic hydroxyl groups excluding tert-OH is 1. The molecule has 0 aliphatic rings. The number of likely N-dealkylation sites (N-methyl/N-ethyl adjacent to an activating group) is 1. The van der Waals surface area contributed by atoms with Crippen molar-refractivity contribution >= 4 is 5.97 Å². The van der Waals surface area contributed by atoms with E-state index in [2.05, 4.69) is 0 Å². The first-order valence-electron chi connectivity index (χ1n) is 8.56. The Morgan fingerprint density at radius 2 is 1.40 bits per heavy atom. The van der Waals surface area contributed by atoms with E-state index < -0.39 is 24.1 Å². The van der Waals surface area contributed by atoms with Crippen molar-refractivity contribution in [2.75, 3.05) is 14.1 Å². The van der Waals surface area contributed by atoms with Gasteiger partial charge >= 0.3 is 5.97 Å². The Morgan fingerprint density at radius 3 is 1.88 bits per heavy atom. The van der Waals surface area contributed by atoms with E-state index >= 15 is 0 Å². The van der Waals surface area contributed by atoms with Crippen molar-refractivity contribution in [3.05, 3.63) is 71.8 Å². The molecule has 0 heterocycles. The minimum Gasteiger partial charge on any atom is -0.456 e. The number of benzene rings is 2. The maximum Gasteiger partial charge on any atom is 0.312 e. The monoisotopic (exact) mass is 341 g/mol. The smallest absolute Gasteiger partial charge is 0.312 e. The van der Waals surface area contributed by atoms with E-state index in [4.69, 9.17) is 4.74 Å². The molecule has 0 saturated heterocycles. The molecule has 0 aliphatic heterocycles. The van der Waals surface area contributed by atoms with Crippen LogP contribution >= 0.6 is 0 Å². The summed E-state index contributed by atoms with van der Waals surface area (Å²) >= 11 is 0. The molecule has 4 atom stereocenters. The predicted molar refractivity (Wildman–Crippen MR) is 99.0 cm³/mol. The summed E-state index contributed by atoms with van der Waals surface area (Å²) < 4.78 is 5.82. The maximum absolute atomic E-state index is 12.7. The second-order valence-electron chi connectivity index (χ2n) is 6.62. The van der Waals surface area contributed by atoms with Crippen LogP contribution in [-0.2, 0) is 9.53 Å². The fourth-order valence-electron chi connectivity index (χ4n) is 2.66. The zero-order valence-electron chi connectivity index (χ0n) is 15.3. The number of carbonyl (C=O) groups excluding carboxylic acids is 1. The third-order valence-corrected chi connectivity index (χ3v) is 4.61. The second kappa shape index (κ2) is 8.79. The van der Waals surface area contributed by atoms with Crippen molar-refractivity contribution < 1.29 is 14.6 Å². The molecule has 2 aromatic rings. The number of hydrogen-bond acceptors (Lipinski definition) is 4. The lowest BCUT2D eigenvalue weighted by Gasteiger charge is -2.31. The van der Waals surface area contributed by atoms with Crippen LogP contribution in [0, 0.1) is 5.92 Å². The number of rotatable bonds is 7. The van der Waals surface area contributed by atoms with Gasteiger partial charge in [-0.05, 0) is 39.1 Å². The average Bonchev–Trinajstić information content (AvgIpc) is 2.65. The van der Waals surface area contributed by atoms with Crippen molar-refractivity contribution in [1.82, 2.24) is 4.90 Å². The lowest BCUT2D eigenvalue weighted by molar-refractivity contribution is -0.160. The van der Waals surface area contributed by atoms with Crippen LogP contribution in [-0.4, -0.2) is 36.1 Å². The molecule has 0 bridgehead atoms. The van der Waals surface area contributed by atoms with Crippen LogP contribution in [0.2, 0.25) is 0 Å². The molecule has 4 heteroatoms. The summed E-state index contributed by atoms with van der Waals surface area (Å²) in [6.07, 6.45) is -1.28. The van der Waals surface area contributed by atoms with Crippen LogP contribution in [0.4, 0.5) is 0 Å². The molecule has 0 aromatic heterocycles. The number of ether oxygens (including phenoxy) is 1. The number of esters is 1. The van der Waals surface area contributed by atoms with Crippen LogP contribution in [0.25, 0.3) is 0 Å². The number of hydrogen-bond donors (Lipinski definition) is 1. The Balaban J connectivity index is 2.16. The molecule has 0 amide bonds. The van der Waals surface area contributed by atoms with Gasteiger partial charge in [-0.1, -0.05) is 60.7 Å². The predicted octanol–water partition coefficient (Wildman–Crippen LogP) is 3.59. The summed E-state index contributed by atoms with van der Waals surface area (Å²) in [6, 6.07) is 18.9. The molecule has 0 saturated carbocycles. The molecule has 0 aliphatic carbocycles. The van der Waals surface area contributed by atoms with E-state index in [9.17, 15) is 9.90 Å². The molecule has 25 heavy (non-hydrogen) atoms. The molecule has 4 nitrogen and oxygen atoms in total. The van der Waals surface area contributed by atoms with Crippen LogP contribution in [0.5, 0.6) is 0 Å². The van der Waals surface area contributed by atoms with E-state index in [0.717, 1.165) is 5.56 Å². The molecule has 1 N–H and O–H groups in total. The first-order valence-corrected chi connectivity index (χ1v) is 8.56. The van der Waals surface area contributed by atoms with Crippen LogP contribution < -0.4 is 0 Å². The Bertz CT molecular complexity index is 657. The van der Waals surface area contributed by atoms with Gasteiger partial charge < -0.3 is 14.7 Å². The first kappa shape index (κ1) is 19.2. The molecule has 0 radical (unpaired) electrons. The molecule has 0 spiro atoms. The highest BCUT2D eigenvalue weighted by atomic mass is 16.5. The molecule has 2 aromatic carbocycles.